The molecule has 1 aromatic heterocycles. The van der Waals surface area contributed by atoms with E-state index in [0.29, 0.717) is 5.52 Å². The fourth-order valence-electron chi connectivity index (χ4n) is 2.65. The Bertz CT molecular complexity index is 1080. The molecule has 0 aliphatic rings. The highest BCUT2D eigenvalue weighted by molar-refractivity contribution is 9.10. The lowest BCUT2D eigenvalue weighted by molar-refractivity contribution is -0.384. The highest BCUT2D eigenvalue weighted by atomic mass is 79.9. The predicted octanol–water partition coefficient (Wildman–Crippen LogP) is 2.94. The molecule has 0 saturated carbocycles. The maximum absolute atomic E-state index is 12.5. The van der Waals surface area contributed by atoms with E-state index in [2.05, 4.69) is 26.2 Å². The second-order valence-corrected chi connectivity index (χ2v) is 6.89. The van der Waals surface area contributed by atoms with E-state index in [9.17, 15) is 19.7 Å². The summed E-state index contributed by atoms with van der Waals surface area (Å²) in [7, 11) is 0. The number of fused-ring (bicyclic) bond motifs is 1. The third-order valence-electron chi connectivity index (χ3n) is 4.08. The monoisotopic (exact) mass is 430 g/mol. The van der Waals surface area contributed by atoms with E-state index in [-0.39, 0.29) is 29.6 Å². The molecule has 2 aromatic carbocycles. The summed E-state index contributed by atoms with van der Waals surface area (Å²) in [5, 5.41) is 13.8. The molecule has 1 atom stereocenters. The summed E-state index contributed by atoms with van der Waals surface area (Å²) in [5.74, 6) is -0.362. The number of hydrogen-bond donors (Lipinski definition) is 1. The fraction of sp³-hybridized carbons (Fsp3) is 0.167. The maximum atomic E-state index is 12.5. The molecule has 0 aliphatic heterocycles. The highest BCUT2D eigenvalue weighted by Gasteiger charge is 2.14. The number of nitro benzene ring substituents is 1. The van der Waals surface area contributed by atoms with Crippen molar-refractivity contribution in [2.45, 2.75) is 19.5 Å². The molecule has 0 spiro atoms. The third-order valence-corrected chi connectivity index (χ3v) is 4.61. The van der Waals surface area contributed by atoms with Crippen LogP contribution in [0.1, 0.15) is 18.5 Å². The van der Waals surface area contributed by atoms with Crippen molar-refractivity contribution < 1.29 is 9.72 Å². The van der Waals surface area contributed by atoms with Gasteiger partial charge < -0.3 is 5.32 Å². The minimum Gasteiger partial charge on any atom is -0.348 e. The van der Waals surface area contributed by atoms with Gasteiger partial charge in [-0.3, -0.25) is 24.3 Å². The van der Waals surface area contributed by atoms with E-state index in [1.54, 1.807) is 0 Å². The smallest absolute Gasteiger partial charge is 0.270 e. The molecule has 1 unspecified atom stereocenters. The number of nitrogens with one attached hydrogen (secondary N) is 1. The quantitative estimate of drug-likeness (QED) is 0.494. The van der Waals surface area contributed by atoms with Gasteiger partial charge in [-0.1, -0.05) is 28.1 Å². The molecule has 8 nitrogen and oxygen atoms in total. The first kappa shape index (κ1) is 18.7. The second-order valence-electron chi connectivity index (χ2n) is 5.98. The molecule has 0 fully saturated rings. The van der Waals surface area contributed by atoms with Crippen molar-refractivity contribution >= 4 is 38.4 Å². The van der Waals surface area contributed by atoms with Crippen molar-refractivity contribution in [1.29, 1.82) is 0 Å². The standard InChI is InChI=1S/C18H15BrN4O4/c1-11(12-2-4-13(19)5-3-12)21-17(24)9-22-10-20-16-7-6-14(23(26)27)8-15(16)18(22)25/h2-8,10-11H,9H2,1H3,(H,21,24). The molecule has 3 rings (SSSR count). The average molecular weight is 431 g/mol. The van der Waals surface area contributed by atoms with Crippen LogP contribution in [-0.2, 0) is 11.3 Å². The number of rotatable bonds is 5. The normalized spacial score (nSPS) is 11.9. The molecule has 9 heteroatoms. The van der Waals surface area contributed by atoms with Gasteiger partial charge in [-0.2, -0.15) is 0 Å². The molecule has 0 aliphatic carbocycles. The Hall–Kier alpha value is -3.07. The number of hydrogen-bond acceptors (Lipinski definition) is 5. The van der Waals surface area contributed by atoms with Crippen molar-refractivity contribution in [3.63, 3.8) is 0 Å². The Balaban J connectivity index is 1.80. The Morgan fingerprint density at radius 2 is 2.00 bits per heavy atom. The number of nitrogens with zero attached hydrogens (tertiary/aromatic N) is 3. The molecule has 0 bridgehead atoms. The van der Waals surface area contributed by atoms with Crippen LogP contribution < -0.4 is 10.9 Å². The molecule has 1 amide bonds. The van der Waals surface area contributed by atoms with Gasteiger partial charge in [0.15, 0.2) is 0 Å². The van der Waals surface area contributed by atoms with Gasteiger partial charge >= 0.3 is 0 Å². The molecule has 0 radical (unpaired) electrons. The van der Waals surface area contributed by atoms with E-state index in [1.165, 1.54) is 24.5 Å². The summed E-state index contributed by atoms with van der Waals surface area (Å²) < 4.78 is 2.07. The molecular formula is C18H15BrN4O4. The van der Waals surface area contributed by atoms with E-state index in [1.807, 2.05) is 31.2 Å². The van der Waals surface area contributed by atoms with Crippen molar-refractivity contribution in [1.82, 2.24) is 14.9 Å². The zero-order valence-electron chi connectivity index (χ0n) is 14.3. The largest absolute Gasteiger partial charge is 0.348 e. The Labute approximate surface area is 162 Å². The lowest BCUT2D eigenvalue weighted by Gasteiger charge is -2.15. The molecule has 3 aromatic rings. The van der Waals surface area contributed by atoms with Crippen LogP contribution in [0.2, 0.25) is 0 Å². The predicted molar refractivity (Wildman–Crippen MR) is 103 cm³/mol. The topological polar surface area (TPSA) is 107 Å². The Kier molecular flexibility index (Phi) is 5.31. The van der Waals surface area contributed by atoms with E-state index < -0.39 is 10.5 Å². The summed E-state index contributed by atoms with van der Waals surface area (Å²) in [6.07, 6.45) is 1.26. The van der Waals surface area contributed by atoms with E-state index in [0.717, 1.165) is 14.6 Å². The zero-order chi connectivity index (χ0) is 19.6. The minimum atomic E-state index is -0.581. The van der Waals surface area contributed by atoms with Gasteiger partial charge in [0.05, 0.1) is 28.2 Å². The summed E-state index contributed by atoms with van der Waals surface area (Å²) in [6, 6.07) is 11.2. The minimum absolute atomic E-state index is 0.0976. The van der Waals surface area contributed by atoms with Crippen molar-refractivity contribution in [3.8, 4) is 0 Å². The van der Waals surface area contributed by atoms with E-state index >= 15 is 0 Å². The van der Waals surface area contributed by atoms with Crippen molar-refractivity contribution in [2.75, 3.05) is 0 Å². The zero-order valence-corrected chi connectivity index (χ0v) is 15.8. The first-order chi connectivity index (χ1) is 12.8. The van der Waals surface area contributed by atoms with Gasteiger partial charge in [-0.15, -0.1) is 0 Å². The lowest BCUT2D eigenvalue weighted by Crippen LogP contribution is -2.34. The number of aromatic nitrogens is 2. The van der Waals surface area contributed by atoms with Gasteiger partial charge in [0.2, 0.25) is 5.91 Å². The molecule has 1 N–H and O–H groups in total. The molecular weight excluding hydrogens is 416 g/mol. The molecule has 138 valence electrons. The number of carbonyl (C=O) groups excluding carboxylic acids is 1. The van der Waals surface area contributed by atoms with Crippen LogP contribution in [0.3, 0.4) is 0 Å². The first-order valence-electron chi connectivity index (χ1n) is 8.03. The SMILES string of the molecule is CC(NC(=O)Cn1cnc2ccc([N+](=O)[O-])cc2c1=O)c1ccc(Br)cc1. The van der Waals surface area contributed by atoms with Gasteiger partial charge in [0, 0.05) is 16.6 Å². The summed E-state index contributed by atoms with van der Waals surface area (Å²) in [5.41, 5.74) is 0.555. The Morgan fingerprint density at radius 3 is 2.67 bits per heavy atom. The van der Waals surface area contributed by atoms with Crippen LogP contribution >= 0.6 is 15.9 Å². The first-order valence-corrected chi connectivity index (χ1v) is 8.83. The molecule has 1 heterocycles. The van der Waals surface area contributed by atoms with E-state index in [4.69, 9.17) is 0 Å². The van der Waals surface area contributed by atoms with Gasteiger partial charge in [-0.05, 0) is 30.7 Å². The van der Waals surface area contributed by atoms with Crippen LogP contribution in [0.5, 0.6) is 0 Å². The second kappa shape index (κ2) is 7.67. The average Bonchev–Trinajstić information content (AvgIpc) is 2.64. The number of amides is 1. The van der Waals surface area contributed by atoms with Gasteiger partial charge in [0.25, 0.3) is 11.2 Å². The Morgan fingerprint density at radius 1 is 1.30 bits per heavy atom. The summed E-state index contributed by atoms with van der Waals surface area (Å²) >= 11 is 3.36. The van der Waals surface area contributed by atoms with Gasteiger partial charge in [-0.25, -0.2) is 4.98 Å². The number of benzene rings is 2. The summed E-state index contributed by atoms with van der Waals surface area (Å²) in [6.45, 7) is 1.61. The fourth-order valence-corrected chi connectivity index (χ4v) is 2.91. The maximum Gasteiger partial charge on any atom is 0.270 e. The van der Waals surface area contributed by atoms with Crippen LogP contribution in [0.15, 0.2) is 58.1 Å². The van der Waals surface area contributed by atoms with Gasteiger partial charge in [0.1, 0.15) is 6.54 Å². The van der Waals surface area contributed by atoms with Crippen LogP contribution in [0.4, 0.5) is 5.69 Å². The third kappa shape index (κ3) is 4.20. The molecule has 0 saturated heterocycles. The summed E-state index contributed by atoms with van der Waals surface area (Å²) in [4.78, 5) is 39.3. The highest BCUT2D eigenvalue weighted by Crippen LogP contribution is 2.17. The van der Waals surface area contributed by atoms with Crippen LogP contribution in [0, 0.1) is 10.1 Å². The van der Waals surface area contributed by atoms with Crippen molar-refractivity contribution in [3.05, 3.63) is 79.3 Å². The van der Waals surface area contributed by atoms with Crippen molar-refractivity contribution in [2.24, 2.45) is 0 Å². The van der Waals surface area contributed by atoms with Crippen LogP contribution in [-0.4, -0.2) is 20.4 Å². The van der Waals surface area contributed by atoms with Crippen LogP contribution in [0.25, 0.3) is 10.9 Å². The lowest BCUT2D eigenvalue weighted by atomic mass is 10.1. The number of non-ortho nitro benzene ring substituents is 1. The molecule has 27 heavy (non-hydrogen) atoms. The number of carbonyl (C=O) groups is 1. The number of nitro groups is 1. The number of halogens is 1.